The van der Waals surface area contributed by atoms with Gasteiger partial charge in [-0.3, -0.25) is 4.79 Å². The highest BCUT2D eigenvalue weighted by Gasteiger charge is 2.26. The molecule has 30 heavy (non-hydrogen) atoms. The van der Waals surface area contributed by atoms with Gasteiger partial charge >= 0.3 is 0 Å². The van der Waals surface area contributed by atoms with Crippen LogP contribution in [0.5, 0.6) is 5.75 Å². The molecule has 158 valence electrons. The summed E-state index contributed by atoms with van der Waals surface area (Å²) in [6.07, 6.45) is 1.08. The highest BCUT2D eigenvalue weighted by Crippen LogP contribution is 2.34. The number of amides is 1. The fraction of sp³-hybridized carbons (Fsp3) is 0.364. The van der Waals surface area contributed by atoms with Gasteiger partial charge in [-0.15, -0.1) is 5.10 Å². The number of fused-ring (bicyclic) bond motifs is 1. The average Bonchev–Trinajstić information content (AvgIpc) is 3.38. The first-order chi connectivity index (χ1) is 14.5. The van der Waals surface area contributed by atoms with Gasteiger partial charge in [-0.2, -0.15) is 0 Å². The minimum Gasteiger partial charge on any atom is -0.491 e. The predicted molar refractivity (Wildman–Crippen MR) is 113 cm³/mol. The molecule has 7 nitrogen and oxygen atoms in total. The monoisotopic (exact) mass is 412 g/mol. The molecular formula is C22H25FN4O3. The second-order valence-electron chi connectivity index (χ2n) is 7.53. The van der Waals surface area contributed by atoms with Crippen LogP contribution in [0.15, 0.2) is 42.5 Å². The van der Waals surface area contributed by atoms with E-state index in [0.29, 0.717) is 42.3 Å². The lowest BCUT2D eigenvalue weighted by molar-refractivity contribution is -0.124. The van der Waals surface area contributed by atoms with Gasteiger partial charge in [0.1, 0.15) is 24.3 Å². The van der Waals surface area contributed by atoms with Gasteiger partial charge in [-0.25, -0.2) is 9.07 Å². The van der Waals surface area contributed by atoms with Crippen molar-refractivity contribution in [2.24, 2.45) is 0 Å². The number of benzene rings is 2. The molecule has 4 rings (SSSR count). The Bertz CT molecular complexity index is 1030. The number of ether oxygens (including phenoxy) is 2. The minimum absolute atomic E-state index is 0.221. The number of likely N-dealkylation sites (N-methyl/N-ethyl adjacent to an activating group) is 1. The summed E-state index contributed by atoms with van der Waals surface area (Å²) in [5, 5.41) is 8.23. The van der Waals surface area contributed by atoms with Crippen LogP contribution in [-0.2, 0) is 9.53 Å². The van der Waals surface area contributed by atoms with Crippen LogP contribution in [0, 0.1) is 5.82 Å². The third kappa shape index (κ3) is 4.29. The molecule has 0 bridgehead atoms. The van der Waals surface area contributed by atoms with E-state index in [4.69, 9.17) is 9.47 Å². The van der Waals surface area contributed by atoms with Gasteiger partial charge in [0.15, 0.2) is 5.82 Å². The fourth-order valence-electron chi connectivity index (χ4n) is 3.44. The first-order valence-electron chi connectivity index (χ1n) is 10.0. The van der Waals surface area contributed by atoms with Gasteiger partial charge in [-0.1, -0.05) is 6.07 Å². The number of rotatable bonds is 7. The van der Waals surface area contributed by atoms with E-state index >= 15 is 0 Å². The maximum Gasteiger partial charge on any atom is 0.254 e. The number of nitrogens with zero attached hydrogens (tertiary/aromatic N) is 3. The maximum atomic E-state index is 13.4. The normalized spacial score (nSPS) is 16.3. The standard InChI is InChI=1S/C22H25FN4O3/c1-26(2)12-14-30-18-6-3-5-17-20(18)21(24-22(28)19-7-4-13-29-19)25-27(17)16-10-8-15(23)9-11-16/h3,5-6,8-11,19H,4,7,12-14H2,1-2H3,(H,24,25,28)/t19-/m0/s1. The summed E-state index contributed by atoms with van der Waals surface area (Å²) in [5.74, 6) is 0.483. The summed E-state index contributed by atoms with van der Waals surface area (Å²) in [5.41, 5.74) is 1.44. The summed E-state index contributed by atoms with van der Waals surface area (Å²) >= 11 is 0. The Morgan fingerprint density at radius 3 is 2.80 bits per heavy atom. The Balaban J connectivity index is 1.74. The summed E-state index contributed by atoms with van der Waals surface area (Å²) in [4.78, 5) is 14.7. The van der Waals surface area contributed by atoms with Crippen molar-refractivity contribution in [2.75, 3.05) is 39.2 Å². The van der Waals surface area contributed by atoms with E-state index in [2.05, 4.69) is 10.4 Å². The molecule has 0 saturated carbocycles. The van der Waals surface area contributed by atoms with Gasteiger partial charge in [0.05, 0.1) is 16.6 Å². The molecular weight excluding hydrogens is 387 g/mol. The molecule has 1 aliphatic heterocycles. The molecule has 0 unspecified atom stereocenters. The van der Waals surface area contributed by atoms with E-state index in [0.717, 1.165) is 18.5 Å². The fourth-order valence-corrected chi connectivity index (χ4v) is 3.44. The van der Waals surface area contributed by atoms with E-state index in [1.54, 1.807) is 16.8 Å². The topological polar surface area (TPSA) is 68.6 Å². The van der Waals surface area contributed by atoms with Crippen LogP contribution in [-0.4, -0.2) is 60.5 Å². The van der Waals surface area contributed by atoms with Crippen molar-refractivity contribution in [3.63, 3.8) is 0 Å². The summed E-state index contributed by atoms with van der Waals surface area (Å²) in [7, 11) is 3.95. The Kier molecular flexibility index (Phi) is 5.96. The molecule has 1 saturated heterocycles. The first-order valence-corrected chi connectivity index (χ1v) is 10.0. The number of carbonyl (C=O) groups excluding carboxylic acids is 1. The zero-order valence-corrected chi connectivity index (χ0v) is 17.1. The van der Waals surface area contributed by atoms with Gasteiger partial charge < -0.3 is 19.7 Å². The Morgan fingerprint density at radius 1 is 1.30 bits per heavy atom. The summed E-state index contributed by atoms with van der Waals surface area (Å²) in [6.45, 7) is 1.83. The maximum absolute atomic E-state index is 13.4. The number of aromatic nitrogens is 2. The number of hydrogen-bond acceptors (Lipinski definition) is 5. The quantitative estimate of drug-likeness (QED) is 0.645. The molecule has 2 aromatic carbocycles. The number of nitrogens with one attached hydrogen (secondary N) is 1. The first kappa shape index (κ1) is 20.3. The van der Waals surface area contributed by atoms with Crippen LogP contribution >= 0.6 is 0 Å². The van der Waals surface area contributed by atoms with Crippen LogP contribution in [0.2, 0.25) is 0 Å². The van der Waals surface area contributed by atoms with Crippen LogP contribution in [0.25, 0.3) is 16.6 Å². The molecule has 1 aliphatic rings. The summed E-state index contributed by atoms with van der Waals surface area (Å²) < 4.78 is 26.6. The van der Waals surface area contributed by atoms with E-state index in [1.165, 1.54) is 12.1 Å². The number of carbonyl (C=O) groups is 1. The average molecular weight is 412 g/mol. The molecule has 8 heteroatoms. The molecule has 3 aromatic rings. The molecule has 1 amide bonds. The lowest BCUT2D eigenvalue weighted by atomic mass is 10.2. The van der Waals surface area contributed by atoms with Crippen LogP contribution < -0.4 is 10.1 Å². The van der Waals surface area contributed by atoms with Crippen LogP contribution in [0.3, 0.4) is 0 Å². The lowest BCUT2D eigenvalue weighted by Crippen LogP contribution is -2.27. The Labute approximate surface area is 174 Å². The van der Waals surface area contributed by atoms with Crippen LogP contribution in [0.1, 0.15) is 12.8 Å². The van der Waals surface area contributed by atoms with E-state index in [1.807, 2.05) is 37.2 Å². The smallest absolute Gasteiger partial charge is 0.254 e. The Hall–Kier alpha value is -2.97. The largest absolute Gasteiger partial charge is 0.491 e. The molecule has 1 fully saturated rings. The van der Waals surface area contributed by atoms with Gasteiger partial charge in [0.25, 0.3) is 5.91 Å². The molecule has 0 aliphatic carbocycles. The van der Waals surface area contributed by atoms with Crippen molar-refractivity contribution < 1.29 is 18.7 Å². The molecule has 1 aromatic heterocycles. The van der Waals surface area contributed by atoms with E-state index < -0.39 is 6.10 Å². The third-order valence-corrected chi connectivity index (χ3v) is 5.00. The van der Waals surface area contributed by atoms with Crippen LogP contribution in [0.4, 0.5) is 10.2 Å². The summed E-state index contributed by atoms with van der Waals surface area (Å²) in [6, 6.07) is 11.7. The van der Waals surface area contributed by atoms with Crippen molar-refractivity contribution in [3.8, 4) is 11.4 Å². The highest BCUT2D eigenvalue weighted by molar-refractivity contribution is 6.04. The Morgan fingerprint density at radius 2 is 2.10 bits per heavy atom. The van der Waals surface area contributed by atoms with E-state index in [-0.39, 0.29) is 11.7 Å². The van der Waals surface area contributed by atoms with Crippen molar-refractivity contribution in [1.29, 1.82) is 0 Å². The van der Waals surface area contributed by atoms with Crippen molar-refractivity contribution >= 4 is 22.6 Å². The van der Waals surface area contributed by atoms with Crippen molar-refractivity contribution in [2.45, 2.75) is 18.9 Å². The van der Waals surface area contributed by atoms with Gasteiger partial charge in [-0.05, 0) is 63.3 Å². The zero-order valence-electron chi connectivity index (χ0n) is 17.1. The second kappa shape index (κ2) is 8.81. The molecule has 0 spiro atoms. The molecule has 0 radical (unpaired) electrons. The molecule has 1 atom stereocenters. The predicted octanol–water partition coefficient (Wildman–Crippen LogP) is 3.22. The molecule has 1 N–H and O–H groups in total. The second-order valence-corrected chi connectivity index (χ2v) is 7.53. The highest BCUT2D eigenvalue weighted by atomic mass is 19.1. The number of anilines is 1. The third-order valence-electron chi connectivity index (χ3n) is 5.00. The molecule has 2 heterocycles. The zero-order chi connectivity index (χ0) is 21.1. The van der Waals surface area contributed by atoms with Gasteiger partial charge in [0, 0.05) is 13.2 Å². The van der Waals surface area contributed by atoms with Crippen molar-refractivity contribution in [1.82, 2.24) is 14.7 Å². The van der Waals surface area contributed by atoms with Crippen molar-refractivity contribution in [3.05, 3.63) is 48.3 Å². The van der Waals surface area contributed by atoms with Gasteiger partial charge in [0.2, 0.25) is 0 Å². The number of halogens is 1. The lowest BCUT2D eigenvalue weighted by Gasteiger charge is -2.13. The minimum atomic E-state index is -0.474. The van der Waals surface area contributed by atoms with E-state index in [9.17, 15) is 9.18 Å². The number of hydrogen-bond donors (Lipinski definition) is 1. The SMILES string of the molecule is CN(C)CCOc1cccc2c1c(NC(=O)[C@@H]1CCCO1)nn2-c1ccc(F)cc1.